The zero-order chi connectivity index (χ0) is 105. The van der Waals surface area contributed by atoms with Gasteiger partial charge < -0.3 is 125 Å². The Hall–Kier alpha value is -8.33. The lowest BCUT2D eigenvalue weighted by Gasteiger charge is -2.29. The molecule has 0 spiro atoms. The number of phosphoric acid groups is 2. The van der Waals surface area contributed by atoms with E-state index in [1.807, 2.05) is 0 Å². The number of nitrogens with two attached hydrogens (primary N) is 6. The van der Waals surface area contributed by atoms with Crippen LogP contribution in [0.2, 0.25) is 0 Å². The van der Waals surface area contributed by atoms with Crippen LogP contribution >= 0.6 is 72.8 Å². The third-order valence-electron chi connectivity index (χ3n) is 24.1. The van der Waals surface area contributed by atoms with Gasteiger partial charge in [0.2, 0.25) is 5.95 Å². The van der Waals surface area contributed by atoms with Crippen LogP contribution in [0.15, 0.2) is 77.0 Å². The lowest BCUT2D eigenvalue weighted by molar-refractivity contribution is -0.0833. The van der Waals surface area contributed by atoms with Crippen molar-refractivity contribution in [3.8, 4) is 0 Å². The summed E-state index contributed by atoms with van der Waals surface area (Å²) in [5.41, 5.74) is 35.6. The Morgan fingerprint density at radius 3 is 1.20 bits per heavy atom. The molecule has 6 aliphatic heterocycles. The molecule has 0 saturated carbocycles. The van der Waals surface area contributed by atoms with E-state index in [0.29, 0.717) is 11.1 Å². The van der Waals surface area contributed by atoms with Crippen LogP contribution in [-0.2, 0) is 144 Å². The van der Waals surface area contributed by atoms with Gasteiger partial charge in [-0.15, -0.1) is 0 Å². The summed E-state index contributed by atoms with van der Waals surface area (Å²) in [4.78, 5) is 119. The van der Waals surface area contributed by atoms with Gasteiger partial charge in [0.05, 0.1) is 142 Å². The van der Waals surface area contributed by atoms with Crippen molar-refractivity contribution in [3.63, 3.8) is 0 Å². The number of aliphatic hydroxyl groups excluding tert-OH is 1. The van der Waals surface area contributed by atoms with Crippen LogP contribution in [0.3, 0.4) is 0 Å². The van der Waals surface area contributed by atoms with Gasteiger partial charge in [-0.25, -0.2) is 77.3 Å². The van der Waals surface area contributed by atoms with E-state index in [9.17, 15) is 33.8 Å². The topological polar surface area (TPSA) is 793 Å². The standard InChI is InChI=1S/C77H110N25O37P5S3/c1-9-39-40(22-46(129-39)97-23-36(2)61(79)93-76(97)105)135-142(111,145)127-28-44-53(57(120-18-13-115-5)71(131-44)98-24-37(3)62(80)94-77(98)106)137-140(107,108)124-26-42-52(58(121-19-14-116-6)72(132-42)100-33-90-48-63(81)85-30-87-66(48)100)136-141(109,110)125-27-43-54(60(123-21-16-118-8)74(133-43)102-35-92-50-68(102)95-75(83)96-69(50)104)138-144(113,147)128-29-45-55(59(122-20-15-117-7)73(134-45)101-34-91-49-64(82)86-31-88-67(49)101)139-143(112,146)126-25-41-51(103)56(119-17-12-114-4)70(130-41)99-32-89-47-38(78)10-11-84-65(47)99/h10-11,23-24,30-35,39-46,51-60,70-74,103H,9,12-22,25-29H2,1-8H3,(H2,78,84)(H,107,108)(H,109,110)(H,111,145)(H,112,146)(H,113,147)(H2,79,93,105)(H2,80,94,106)(H2,81,85,87)(H2,82,86,88)(H3,83,95,96,104)/t39-,40-,41-,42-,43-,44-,45-,46-,51+,52+,53+,54+,55+,56?,57?,58?,59?,60?,70-,71-,72-,73-,74-,142?,143?,144?/m1/s1. The summed E-state index contributed by atoms with van der Waals surface area (Å²) in [6.45, 7) is -16.5. The van der Waals surface area contributed by atoms with E-state index in [1.54, 1.807) is 19.9 Å². The first kappa shape index (κ1) is 111. The third kappa shape index (κ3) is 25.4. The predicted molar refractivity (Wildman–Crippen MR) is 515 cm³/mol. The molecular formula is C77H110N25O37P5S3. The maximum absolute atomic E-state index is 15.8. The second kappa shape index (κ2) is 47.9. The lowest BCUT2D eigenvalue weighted by Crippen LogP contribution is -2.41. The van der Waals surface area contributed by atoms with Gasteiger partial charge in [-0.1, -0.05) is 43.7 Å². The Balaban J connectivity index is 0.693. The molecule has 10 aromatic heterocycles. The number of aromatic amines is 1. The highest BCUT2D eigenvalue weighted by Gasteiger charge is 2.59. The highest BCUT2D eigenvalue weighted by Crippen LogP contribution is 2.62. The number of rotatable bonds is 52. The van der Waals surface area contributed by atoms with Crippen molar-refractivity contribution in [1.82, 2.24) is 92.2 Å². The van der Waals surface area contributed by atoms with Crippen molar-refractivity contribution in [2.24, 2.45) is 0 Å². The molecule has 16 rings (SSSR count). The van der Waals surface area contributed by atoms with E-state index in [0.717, 1.165) is 23.5 Å². The molecule has 6 fully saturated rings. The number of aliphatic hydroxyl groups is 1. The number of thiol groups is 3. The summed E-state index contributed by atoms with van der Waals surface area (Å²) < 4.78 is 242. The van der Waals surface area contributed by atoms with Gasteiger partial charge in [-0.3, -0.25) is 82.4 Å². The normalized spacial score (nSPS) is 29.0. The Kier molecular flexibility index (Phi) is 36.3. The van der Waals surface area contributed by atoms with Gasteiger partial charge in [-0.2, -0.15) is 15.0 Å². The van der Waals surface area contributed by atoms with Crippen molar-refractivity contribution in [2.75, 3.05) is 169 Å². The molecule has 10 aromatic rings. The Labute approximate surface area is 847 Å². The Bertz CT molecular complexity index is 6710. The number of pyridine rings is 1. The van der Waals surface area contributed by atoms with Gasteiger partial charge in [0.1, 0.15) is 139 Å². The highest BCUT2D eigenvalue weighted by molar-refractivity contribution is 8.45. The number of ether oxygens (including phenoxy) is 16. The van der Waals surface area contributed by atoms with Crippen LogP contribution in [0.4, 0.5) is 34.9 Å². The molecule has 0 bridgehead atoms. The largest absolute Gasteiger partial charge is 0.472 e. The van der Waals surface area contributed by atoms with Crippen LogP contribution < -0.4 is 51.3 Å². The van der Waals surface area contributed by atoms with Crippen molar-refractivity contribution >= 4 is 152 Å². The number of nitrogens with zero attached hydrogens (tertiary/aromatic N) is 18. The number of fused-ring (bicyclic) bond motifs is 4. The fraction of sp³-hybridized carbons (Fsp3) is 0.623. The molecule has 808 valence electrons. The minimum absolute atomic E-state index is 0.00817. The van der Waals surface area contributed by atoms with Gasteiger partial charge >= 0.3 is 47.4 Å². The molecule has 0 aliphatic carbocycles. The highest BCUT2D eigenvalue weighted by atomic mass is 32.7. The van der Waals surface area contributed by atoms with E-state index in [1.165, 1.54) is 103 Å². The summed E-state index contributed by atoms with van der Waals surface area (Å²) in [6.07, 6.45) is -24.2. The average molecular weight is 2230 g/mol. The molecular weight excluding hydrogens is 2120 g/mol. The number of aromatic nitrogens is 19. The second-order valence-electron chi connectivity index (χ2n) is 33.6. The SMILES string of the molecule is CC[C@H]1O[C@@H](n2cc(C)c(N)nc2=O)C[C@H]1OP(=O)(S)OC[C@H]1O[C@@H](n2cc(C)c(N)nc2=O)C(OCCOC)[C@H]1OP(=O)(O)OC[C@H]1O[C@@H](n2cnc3c(N)ncnc32)C(OCCOC)[C@H]1OP(=O)(O)OC[C@H]1O[C@@H](n2cnc3c(=O)[nH]c(N)nc32)C(OCCOC)[C@H]1OP(=O)(S)OC[C@H]1O[C@@H](n2cnc3c(N)ncnc32)C(OCCOC)[C@H]1OP(=O)(S)OC[C@H]1O[C@@H](n2cnc3c(N)ccnc32)C(OCCOC)[C@H]1O. The number of hydrogen-bond donors (Lipinski definition) is 13. The van der Waals surface area contributed by atoms with E-state index < -0.39 is 233 Å². The smallest absolute Gasteiger partial charge is 0.397 e. The number of H-pyrrole nitrogens is 1. The average Bonchev–Trinajstić information content (AvgIpc) is 1.65. The zero-order valence-electron chi connectivity index (χ0n) is 79.4. The van der Waals surface area contributed by atoms with Crippen molar-refractivity contribution in [1.29, 1.82) is 0 Å². The van der Waals surface area contributed by atoms with Crippen LogP contribution in [0.25, 0.3) is 44.7 Å². The van der Waals surface area contributed by atoms with Crippen molar-refractivity contribution < 1.29 is 159 Å². The second-order valence-corrected chi connectivity index (χ2v) is 45.1. The number of hydrogen-bond acceptors (Lipinski definition) is 53. The number of nitrogen functional groups attached to an aromatic ring is 6. The molecule has 0 amide bonds. The van der Waals surface area contributed by atoms with Crippen LogP contribution in [-0.4, -0.2) is 346 Å². The molecule has 6 saturated heterocycles. The number of nitrogens with one attached hydrogen (secondary N) is 1. The zero-order valence-corrected chi connectivity index (χ0v) is 86.5. The molecule has 147 heavy (non-hydrogen) atoms. The molecule has 62 nitrogen and oxygen atoms in total. The Morgan fingerprint density at radius 1 is 0.401 bits per heavy atom. The summed E-state index contributed by atoms with van der Waals surface area (Å²) in [6, 6.07) is 1.55. The fourth-order valence-corrected chi connectivity index (χ4v) is 23.5. The van der Waals surface area contributed by atoms with Crippen molar-refractivity contribution in [3.05, 3.63) is 105 Å². The minimum Gasteiger partial charge on any atom is -0.397 e. The van der Waals surface area contributed by atoms with Crippen LogP contribution in [0, 0.1) is 13.8 Å². The van der Waals surface area contributed by atoms with E-state index in [2.05, 4.69) is 102 Å². The molecule has 6 aliphatic rings. The first-order valence-corrected chi connectivity index (χ1v) is 56.1. The lowest BCUT2D eigenvalue weighted by atomic mass is 10.1. The number of imidazole rings is 4. The third-order valence-corrected chi connectivity index (χ3v) is 30.9. The summed E-state index contributed by atoms with van der Waals surface area (Å²) in [5, 5.41) is 12.0. The van der Waals surface area contributed by atoms with Gasteiger partial charge in [0.15, 0.2) is 70.9 Å². The first-order valence-electron chi connectivity index (χ1n) is 45.0. The number of anilines is 6. The fourth-order valence-electron chi connectivity index (χ4n) is 17.1. The maximum atomic E-state index is 15.8. The maximum Gasteiger partial charge on any atom is 0.472 e. The minimum atomic E-state index is -5.91. The van der Waals surface area contributed by atoms with Gasteiger partial charge in [0.25, 0.3) is 5.56 Å². The monoisotopic (exact) mass is 2230 g/mol. The van der Waals surface area contributed by atoms with E-state index in [4.69, 9.17) is 155 Å². The van der Waals surface area contributed by atoms with Crippen molar-refractivity contribution in [2.45, 2.75) is 175 Å². The molecule has 10 unspecified atom stereocenters. The van der Waals surface area contributed by atoms with Crippen LogP contribution in [0.5, 0.6) is 0 Å². The number of phosphoric ester groups is 2. The van der Waals surface area contributed by atoms with E-state index in [-0.39, 0.29) is 153 Å². The van der Waals surface area contributed by atoms with Gasteiger partial charge in [-0.05, 0) is 26.3 Å². The summed E-state index contributed by atoms with van der Waals surface area (Å²) in [5.74, 6) is -0.771. The molecule has 70 heteroatoms. The first-order chi connectivity index (χ1) is 70.2. The molecule has 0 aromatic carbocycles. The number of aryl methyl sites for hydroxylation is 2. The molecule has 16 N–H and O–H groups in total. The van der Waals surface area contributed by atoms with Crippen LogP contribution in [0.1, 0.15) is 68.3 Å². The quantitative estimate of drug-likeness (QED) is 0.0147. The molecule has 28 atom stereocenters. The molecule has 0 radical (unpaired) electrons. The number of methoxy groups -OCH3 is 5. The van der Waals surface area contributed by atoms with Gasteiger partial charge in [0, 0.05) is 71.7 Å². The Morgan fingerprint density at radius 2 is 0.762 bits per heavy atom. The van der Waals surface area contributed by atoms with E-state index >= 15 is 18.3 Å². The summed E-state index contributed by atoms with van der Waals surface area (Å²) in [7, 11) is -4.87. The summed E-state index contributed by atoms with van der Waals surface area (Å²) >= 11 is 13.3. The predicted octanol–water partition coefficient (Wildman–Crippen LogP) is 1.90. The molecule has 16 heterocycles.